The molecule has 2 amide bonds. The molecule has 3 aromatic carbocycles. The fourth-order valence-corrected chi connectivity index (χ4v) is 4.93. The molecule has 4 aromatic rings. The van der Waals surface area contributed by atoms with Gasteiger partial charge in [-0.05, 0) is 36.4 Å². The van der Waals surface area contributed by atoms with Crippen LogP contribution in [0.1, 0.15) is 11.6 Å². The van der Waals surface area contributed by atoms with E-state index in [0.717, 1.165) is 16.6 Å². The fourth-order valence-electron chi connectivity index (χ4n) is 4.68. The van der Waals surface area contributed by atoms with E-state index in [1.54, 1.807) is 29.3 Å². The molecule has 2 saturated heterocycles. The number of benzene rings is 3. The van der Waals surface area contributed by atoms with Gasteiger partial charge in [0.25, 0.3) is 5.91 Å². The molecule has 0 bridgehead atoms. The van der Waals surface area contributed by atoms with Crippen molar-refractivity contribution in [3.05, 3.63) is 102 Å². The number of hydrogen-bond acceptors (Lipinski definition) is 5. The van der Waals surface area contributed by atoms with Gasteiger partial charge in [0.2, 0.25) is 5.91 Å². The Morgan fingerprint density at radius 3 is 2.15 bits per heavy atom. The molecule has 2 aliphatic heterocycles. The first-order chi connectivity index (χ1) is 16.1. The van der Waals surface area contributed by atoms with Gasteiger partial charge < -0.3 is 0 Å². The monoisotopic (exact) mass is 455 g/mol. The quantitative estimate of drug-likeness (QED) is 0.323. The number of carbonyl (C=O) groups is 2. The van der Waals surface area contributed by atoms with Gasteiger partial charge in [0.05, 0.1) is 22.9 Å². The third kappa shape index (κ3) is 3.10. The summed E-state index contributed by atoms with van der Waals surface area (Å²) in [6, 6.07) is 27.3. The van der Waals surface area contributed by atoms with Crippen molar-refractivity contribution in [1.82, 2.24) is 4.98 Å². The summed E-state index contributed by atoms with van der Waals surface area (Å²) in [6.45, 7) is 0. The summed E-state index contributed by atoms with van der Waals surface area (Å²) in [5.74, 6) is -1.47. The first kappa shape index (κ1) is 19.9. The molecule has 6 nitrogen and oxygen atoms in total. The van der Waals surface area contributed by atoms with Crippen LogP contribution in [0.2, 0.25) is 5.15 Å². The lowest BCUT2D eigenvalue weighted by Gasteiger charge is -2.29. The molecule has 0 saturated carbocycles. The topological polar surface area (TPSA) is 62.7 Å². The first-order valence-electron chi connectivity index (χ1n) is 10.6. The van der Waals surface area contributed by atoms with Gasteiger partial charge in [0, 0.05) is 10.9 Å². The van der Waals surface area contributed by atoms with Gasteiger partial charge in [-0.3, -0.25) is 14.4 Å². The minimum absolute atomic E-state index is 0.280. The van der Waals surface area contributed by atoms with Crippen molar-refractivity contribution in [3.8, 4) is 0 Å². The lowest BCUT2D eigenvalue weighted by Crippen LogP contribution is -2.37. The van der Waals surface area contributed by atoms with Crippen LogP contribution in [-0.4, -0.2) is 22.9 Å². The largest absolute Gasteiger partial charge is 0.273 e. The van der Waals surface area contributed by atoms with E-state index in [1.165, 1.54) is 4.90 Å². The van der Waals surface area contributed by atoms with E-state index in [1.807, 2.05) is 66.7 Å². The van der Waals surface area contributed by atoms with Crippen molar-refractivity contribution in [2.24, 2.45) is 5.92 Å². The van der Waals surface area contributed by atoms with Gasteiger partial charge >= 0.3 is 0 Å². The number of para-hydroxylation sites is 3. The van der Waals surface area contributed by atoms with E-state index in [4.69, 9.17) is 16.4 Å². The third-order valence-corrected chi connectivity index (χ3v) is 6.47. The third-order valence-electron chi connectivity index (χ3n) is 6.16. The summed E-state index contributed by atoms with van der Waals surface area (Å²) < 4.78 is 0. The van der Waals surface area contributed by atoms with E-state index in [-0.39, 0.29) is 17.0 Å². The fraction of sp³-hybridized carbons (Fsp3) is 0.115. The lowest BCUT2D eigenvalue weighted by atomic mass is 9.90. The van der Waals surface area contributed by atoms with E-state index >= 15 is 0 Å². The number of pyridine rings is 1. The molecule has 0 radical (unpaired) electrons. The molecule has 3 unspecified atom stereocenters. The molecular formula is C26H18ClN3O3. The Hall–Kier alpha value is -3.74. The van der Waals surface area contributed by atoms with Crippen molar-refractivity contribution in [3.63, 3.8) is 0 Å². The van der Waals surface area contributed by atoms with E-state index in [9.17, 15) is 9.59 Å². The van der Waals surface area contributed by atoms with Crippen molar-refractivity contribution in [2.45, 2.75) is 12.1 Å². The van der Waals surface area contributed by atoms with E-state index in [2.05, 4.69) is 4.98 Å². The summed E-state index contributed by atoms with van der Waals surface area (Å²) >= 11 is 6.66. The summed E-state index contributed by atoms with van der Waals surface area (Å²) in [7, 11) is 0. The minimum Gasteiger partial charge on any atom is -0.273 e. The van der Waals surface area contributed by atoms with E-state index < -0.39 is 18.1 Å². The average Bonchev–Trinajstić information content (AvgIpc) is 3.35. The van der Waals surface area contributed by atoms with Crippen molar-refractivity contribution < 1.29 is 14.4 Å². The number of nitrogens with zero attached hydrogens (tertiary/aromatic N) is 3. The molecule has 6 rings (SSSR count). The Morgan fingerprint density at radius 2 is 1.42 bits per heavy atom. The van der Waals surface area contributed by atoms with Crippen LogP contribution in [-0.2, 0) is 14.4 Å². The van der Waals surface area contributed by atoms with Crippen LogP contribution in [0.25, 0.3) is 10.9 Å². The van der Waals surface area contributed by atoms with Crippen molar-refractivity contribution in [1.29, 1.82) is 0 Å². The smallest absolute Gasteiger partial charge is 0.266 e. The zero-order valence-corrected chi connectivity index (χ0v) is 18.1. The number of hydrogen-bond donors (Lipinski definition) is 0. The number of fused-ring (bicyclic) bond motifs is 2. The predicted octanol–water partition coefficient (Wildman–Crippen LogP) is 4.94. The Labute approximate surface area is 194 Å². The molecule has 0 aliphatic carbocycles. The van der Waals surface area contributed by atoms with Gasteiger partial charge in [-0.2, -0.15) is 0 Å². The van der Waals surface area contributed by atoms with Gasteiger partial charge in [0.15, 0.2) is 6.10 Å². The van der Waals surface area contributed by atoms with Crippen LogP contribution in [0.3, 0.4) is 0 Å². The number of imide groups is 1. The number of halogens is 1. The SMILES string of the molecule is O=C1C2ON(c3ccccc3)C(c3cc4ccccc4nc3Cl)C2C(=O)N1c1ccccc1. The summed E-state index contributed by atoms with van der Waals surface area (Å²) in [4.78, 5) is 39.0. The van der Waals surface area contributed by atoms with Crippen LogP contribution < -0.4 is 9.96 Å². The maximum absolute atomic E-state index is 13.7. The van der Waals surface area contributed by atoms with Crippen molar-refractivity contribution >= 4 is 45.7 Å². The lowest BCUT2D eigenvalue weighted by molar-refractivity contribution is -0.126. The highest BCUT2D eigenvalue weighted by Crippen LogP contribution is 2.49. The predicted molar refractivity (Wildman–Crippen MR) is 126 cm³/mol. The van der Waals surface area contributed by atoms with E-state index in [0.29, 0.717) is 11.3 Å². The number of rotatable bonds is 3. The maximum atomic E-state index is 13.7. The molecule has 7 heteroatoms. The molecule has 33 heavy (non-hydrogen) atoms. The molecule has 2 fully saturated rings. The maximum Gasteiger partial charge on any atom is 0.266 e. The summed E-state index contributed by atoms with van der Waals surface area (Å²) in [6.07, 6.45) is -0.953. The number of aromatic nitrogens is 1. The summed E-state index contributed by atoms with van der Waals surface area (Å²) in [5.41, 5.74) is 2.65. The van der Waals surface area contributed by atoms with Crippen LogP contribution >= 0.6 is 11.6 Å². The molecule has 0 spiro atoms. The van der Waals surface area contributed by atoms with Crippen LogP contribution in [0, 0.1) is 5.92 Å². The second-order valence-corrected chi connectivity index (χ2v) is 8.42. The number of anilines is 2. The molecule has 1 aromatic heterocycles. The highest BCUT2D eigenvalue weighted by Gasteiger charge is 2.60. The Balaban J connectivity index is 1.51. The molecule has 0 N–H and O–H groups in total. The highest BCUT2D eigenvalue weighted by atomic mass is 35.5. The highest BCUT2D eigenvalue weighted by molar-refractivity contribution is 6.31. The van der Waals surface area contributed by atoms with Gasteiger partial charge in [-0.25, -0.2) is 14.9 Å². The van der Waals surface area contributed by atoms with Gasteiger partial charge in [-0.15, -0.1) is 0 Å². The van der Waals surface area contributed by atoms with Crippen LogP contribution in [0.5, 0.6) is 0 Å². The average molecular weight is 456 g/mol. The van der Waals surface area contributed by atoms with Gasteiger partial charge in [-0.1, -0.05) is 66.2 Å². The first-order valence-corrected chi connectivity index (χ1v) is 11.0. The second kappa shape index (κ2) is 7.69. The Kier molecular flexibility index (Phi) is 4.64. The normalized spacial score (nSPS) is 22.3. The standard InChI is InChI=1S/C26H18ClN3O3/c27-24-19(15-16-9-7-8-14-20(16)28-24)22-21-23(33-30(22)18-12-5-2-6-13-18)26(32)29(25(21)31)17-10-3-1-4-11-17/h1-15,21-23H. The number of hydroxylamine groups is 1. The zero-order valence-electron chi connectivity index (χ0n) is 17.3. The Morgan fingerprint density at radius 1 is 0.788 bits per heavy atom. The molecule has 3 atom stereocenters. The van der Waals surface area contributed by atoms with Crippen molar-refractivity contribution in [2.75, 3.05) is 9.96 Å². The molecular weight excluding hydrogens is 438 g/mol. The zero-order chi connectivity index (χ0) is 22.5. The van der Waals surface area contributed by atoms with Gasteiger partial charge in [0.1, 0.15) is 11.1 Å². The minimum atomic E-state index is -0.953. The van der Waals surface area contributed by atoms with Crippen LogP contribution in [0.4, 0.5) is 11.4 Å². The Bertz CT molecular complexity index is 1380. The number of amides is 2. The number of carbonyl (C=O) groups excluding carboxylic acids is 2. The molecule has 162 valence electrons. The second-order valence-electron chi connectivity index (χ2n) is 8.07. The molecule has 3 heterocycles. The molecule has 2 aliphatic rings. The van der Waals surface area contributed by atoms with Crippen LogP contribution in [0.15, 0.2) is 91.0 Å². The summed E-state index contributed by atoms with van der Waals surface area (Å²) in [5, 5.41) is 2.80.